The number of rotatable bonds is 4. The molecule has 6 heteroatoms. The average Bonchev–Trinajstić information content (AvgIpc) is 2.41. The molecule has 1 amide bonds. The first-order valence-electron chi connectivity index (χ1n) is 5.85. The van der Waals surface area contributed by atoms with E-state index >= 15 is 0 Å². The average molecular weight is 291 g/mol. The highest BCUT2D eigenvalue weighted by Gasteiger charge is 2.18. The van der Waals surface area contributed by atoms with Gasteiger partial charge in [-0.3, -0.25) is 4.79 Å². The fourth-order valence-electron chi connectivity index (χ4n) is 1.59. The summed E-state index contributed by atoms with van der Waals surface area (Å²) in [6.07, 6.45) is 0. The van der Waals surface area contributed by atoms with Crippen molar-refractivity contribution in [1.82, 2.24) is 0 Å². The monoisotopic (exact) mass is 291 g/mol. The number of para-hydroxylation sites is 2. The Labute approximate surface area is 117 Å². The molecule has 1 N–H and O–H groups in total. The summed E-state index contributed by atoms with van der Waals surface area (Å²) in [5.74, 6) is -0.232. The number of hydrogen-bond donors (Lipinski definition) is 1. The van der Waals surface area contributed by atoms with Crippen LogP contribution in [0.2, 0.25) is 0 Å². The van der Waals surface area contributed by atoms with Crippen molar-refractivity contribution in [3.63, 3.8) is 0 Å². The van der Waals surface area contributed by atoms with Crippen molar-refractivity contribution in [2.75, 3.05) is 5.32 Å². The summed E-state index contributed by atoms with van der Waals surface area (Å²) in [4.78, 5) is 11.1. The SMILES string of the molecule is CC(=O)Nc1ccccc1OS(=O)(=O)c1ccccc1. The summed E-state index contributed by atoms with van der Waals surface area (Å²) in [6.45, 7) is 1.34. The molecule has 0 heterocycles. The highest BCUT2D eigenvalue weighted by atomic mass is 32.2. The lowest BCUT2D eigenvalue weighted by molar-refractivity contribution is -0.114. The zero-order chi connectivity index (χ0) is 14.6. The Bertz CT molecular complexity index is 711. The second kappa shape index (κ2) is 5.75. The fraction of sp³-hybridized carbons (Fsp3) is 0.0714. The van der Waals surface area contributed by atoms with Crippen LogP contribution in [0.4, 0.5) is 5.69 Å². The third kappa shape index (κ3) is 3.36. The molecule has 0 saturated heterocycles. The maximum atomic E-state index is 12.1. The highest BCUT2D eigenvalue weighted by Crippen LogP contribution is 2.27. The number of hydrogen-bond acceptors (Lipinski definition) is 4. The topological polar surface area (TPSA) is 72.5 Å². The molecule has 0 aliphatic carbocycles. The van der Waals surface area contributed by atoms with Crippen LogP contribution in [-0.4, -0.2) is 14.3 Å². The summed E-state index contributed by atoms with van der Waals surface area (Å²) in [5.41, 5.74) is 0.305. The predicted octanol–water partition coefficient (Wildman–Crippen LogP) is 2.41. The van der Waals surface area contributed by atoms with E-state index < -0.39 is 10.1 Å². The van der Waals surface area contributed by atoms with E-state index in [1.165, 1.54) is 25.1 Å². The quantitative estimate of drug-likeness (QED) is 0.878. The third-order valence-electron chi connectivity index (χ3n) is 2.43. The van der Waals surface area contributed by atoms with E-state index in [0.717, 1.165) is 0 Å². The first-order valence-corrected chi connectivity index (χ1v) is 7.26. The maximum absolute atomic E-state index is 12.1. The lowest BCUT2D eigenvalue weighted by atomic mass is 10.3. The highest BCUT2D eigenvalue weighted by molar-refractivity contribution is 7.87. The maximum Gasteiger partial charge on any atom is 0.339 e. The Kier molecular flexibility index (Phi) is 4.05. The number of amides is 1. The number of nitrogens with one attached hydrogen (secondary N) is 1. The zero-order valence-corrected chi connectivity index (χ0v) is 11.6. The van der Waals surface area contributed by atoms with Crippen molar-refractivity contribution in [2.24, 2.45) is 0 Å². The van der Waals surface area contributed by atoms with Gasteiger partial charge in [-0.2, -0.15) is 8.42 Å². The van der Waals surface area contributed by atoms with Crippen LogP contribution >= 0.6 is 0 Å². The summed E-state index contributed by atoms with van der Waals surface area (Å²) >= 11 is 0. The van der Waals surface area contributed by atoms with Crippen LogP contribution in [0.3, 0.4) is 0 Å². The predicted molar refractivity (Wildman–Crippen MR) is 75.0 cm³/mol. The Morgan fingerprint density at radius 1 is 1.00 bits per heavy atom. The fourth-order valence-corrected chi connectivity index (χ4v) is 2.55. The van der Waals surface area contributed by atoms with Gasteiger partial charge in [0.1, 0.15) is 4.90 Å². The first kappa shape index (κ1) is 14.1. The molecule has 2 aromatic rings. The standard InChI is InChI=1S/C14H13NO4S/c1-11(16)15-13-9-5-6-10-14(13)19-20(17,18)12-7-3-2-4-8-12/h2-10H,1H3,(H,15,16). The Morgan fingerprint density at radius 2 is 1.60 bits per heavy atom. The molecule has 0 aliphatic heterocycles. The molecule has 2 aromatic carbocycles. The van der Waals surface area contributed by atoms with E-state index in [1.54, 1.807) is 36.4 Å². The summed E-state index contributed by atoms with van der Waals surface area (Å²) in [7, 11) is -3.92. The van der Waals surface area contributed by atoms with E-state index in [2.05, 4.69) is 5.32 Å². The summed E-state index contributed by atoms with van der Waals surface area (Å²) < 4.78 is 29.3. The Hall–Kier alpha value is -2.34. The lowest BCUT2D eigenvalue weighted by Gasteiger charge is -2.11. The van der Waals surface area contributed by atoms with E-state index in [-0.39, 0.29) is 16.6 Å². The molecule has 0 saturated carbocycles. The van der Waals surface area contributed by atoms with Crippen LogP contribution < -0.4 is 9.50 Å². The molecule has 2 rings (SSSR count). The molecule has 20 heavy (non-hydrogen) atoms. The minimum atomic E-state index is -3.92. The van der Waals surface area contributed by atoms with E-state index in [1.807, 2.05) is 0 Å². The van der Waals surface area contributed by atoms with Crippen molar-refractivity contribution in [3.05, 3.63) is 54.6 Å². The van der Waals surface area contributed by atoms with Crippen LogP contribution in [-0.2, 0) is 14.9 Å². The van der Waals surface area contributed by atoms with Crippen molar-refractivity contribution in [2.45, 2.75) is 11.8 Å². The van der Waals surface area contributed by atoms with Gasteiger partial charge >= 0.3 is 10.1 Å². The van der Waals surface area contributed by atoms with Crippen LogP contribution in [0, 0.1) is 0 Å². The molecular weight excluding hydrogens is 278 g/mol. The van der Waals surface area contributed by atoms with Gasteiger partial charge < -0.3 is 9.50 Å². The van der Waals surface area contributed by atoms with Gasteiger partial charge in [0.05, 0.1) is 5.69 Å². The number of carbonyl (C=O) groups is 1. The molecule has 0 radical (unpaired) electrons. The van der Waals surface area contributed by atoms with Crippen molar-refractivity contribution in [1.29, 1.82) is 0 Å². The minimum Gasteiger partial charge on any atom is -0.377 e. The van der Waals surface area contributed by atoms with Gasteiger partial charge in [-0.25, -0.2) is 0 Å². The number of carbonyl (C=O) groups excluding carboxylic acids is 1. The lowest BCUT2D eigenvalue weighted by Crippen LogP contribution is -2.12. The minimum absolute atomic E-state index is 0.0534. The number of benzene rings is 2. The Morgan fingerprint density at radius 3 is 2.25 bits per heavy atom. The second-order valence-corrected chi connectivity index (χ2v) is 5.57. The number of anilines is 1. The first-order chi connectivity index (χ1) is 9.49. The zero-order valence-electron chi connectivity index (χ0n) is 10.7. The van der Waals surface area contributed by atoms with Crippen molar-refractivity contribution in [3.8, 4) is 5.75 Å². The molecule has 0 spiro atoms. The molecule has 0 fully saturated rings. The van der Waals surface area contributed by atoms with Crippen LogP contribution in [0.1, 0.15) is 6.92 Å². The molecule has 5 nitrogen and oxygen atoms in total. The van der Waals surface area contributed by atoms with E-state index in [4.69, 9.17) is 4.18 Å². The van der Waals surface area contributed by atoms with Crippen LogP contribution in [0.5, 0.6) is 5.75 Å². The molecule has 0 atom stereocenters. The van der Waals surface area contributed by atoms with Gasteiger partial charge in [0.25, 0.3) is 0 Å². The summed E-state index contributed by atoms with van der Waals surface area (Å²) in [6, 6.07) is 14.2. The van der Waals surface area contributed by atoms with E-state index in [9.17, 15) is 13.2 Å². The third-order valence-corrected chi connectivity index (χ3v) is 3.68. The molecule has 104 valence electrons. The van der Waals surface area contributed by atoms with E-state index in [0.29, 0.717) is 5.69 Å². The smallest absolute Gasteiger partial charge is 0.339 e. The largest absolute Gasteiger partial charge is 0.377 e. The second-order valence-electron chi connectivity index (χ2n) is 4.03. The van der Waals surface area contributed by atoms with Gasteiger partial charge in [-0.05, 0) is 24.3 Å². The molecule has 0 unspecified atom stereocenters. The van der Waals surface area contributed by atoms with Crippen LogP contribution in [0.25, 0.3) is 0 Å². The molecule has 0 aliphatic rings. The Balaban J connectivity index is 2.33. The van der Waals surface area contributed by atoms with Gasteiger partial charge in [-0.15, -0.1) is 0 Å². The molecule has 0 aromatic heterocycles. The van der Waals surface area contributed by atoms with Gasteiger partial charge in [-0.1, -0.05) is 30.3 Å². The van der Waals surface area contributed by atoms with Gasteiger partial charge in [0.2, 0.25) is 5.91 Å². The van der Waals surface area contributed by atoms with Crippen molar-refractivity contribution >= 4 is 21.7 Å². The molecular formula is C14H13NO4S. The van der Waals surface area contributed by atoms with Crippen molar-refractivity contribution < 1.29 is 17.4 Å². The summed E-state index contributed by atoms with van der Waals surface area (Å²) in [5, 5.41) is 2.52. The van der Waals surface area contributed by atoms with Gasteiger partial charge in [0.15, 0.2) is 5.75 Å². The van der Waals surface area contributed by atoms with Gasteiger partial charge in [0, 0.05) is 6.92 Å². The normalized spacial score (nSPS) is 10.8. The molecule has 0 bridgehead atoms. The van der Waals surface area contributed by atoms with Crippen LogP contribution in [0.15, 0.2) is 59.5 Å².